The maximum absolute atomic E-state index is 12.3. The van der Waals surface area contributed by atoms with Gasteiger partial charge in [-0.25, -0.2) is 0 Å². The summed E-state index contributed by atoms with van der Waals surface area (Å²) in [5.41, 5.74) is 1.61. The fourth-order valence-corrected chi connectivity index (χ4v) is 3.89. The average molecular weight is 422 g/mol. The number of hydrogen-bond donors (Lipinski definition) is 0. The topological polar surface area (TPSA) is 46.6 Å². The molecular formula is C20H17Cl2NO3S. The summed E-state index contributed by atoms with van der Waals surface area (Å²) in [4.78, 5) is 26.0. The van der Waals surface area contributed by atoms with Gasteiger partial charge in [-0.3, -0.25) is 14.5 Å². The van der Waals surface area contributed by atoms with Gasteiger partial charge in [0.05, 0.1) is 4.91 Å². The first kappa shape index (κ1) is 19.8. The van der Waals surface area contributed by atoms with Crippen molar-refractivity contribution < 1.29 is 14.3 Å². The zero-order valence-electron chi connectivity index (χ0n) is 14.6. The lowest BCUT2D eigenvalue weighted by molar-refractivity contribution is -0.122. The first-order valence-electron chi connectivity index (χ1n) is 8.40. The summed E-state index contributed by atoms with van der Waals surface area (Å²) >= 11 is 13.0. The average Bonchev–Trinajstić information content (AvgIpc) is 2.89. The molecule has 0 bridgehead atoms. The van der Waals surface area contributed by atoms with E-state index in [1.807, 2.05) is 37.3 Å². The van der Waals surface area contributed by atoms with Gasteiger partial charge in [-0.2, -0.15) is 0 Å². The zero-order valence-corrected chi connectivity index (χ0v) is 16.9. The largest absolute Gasteiger partial charge is 0.489 e. The molecule has 3 rings (SSSR count). The molecule has 0 unspecified atom stereocenters. The normalized spacial score (nSPS) is 15.7. The van der Waals surface area contributed by atoms with E-state index in [4.69, 9.17) is 27.9 Å². The minimum atomic E-state index is -0.244. The van der Waals surface area contributed by atoms with Gasteiger partial charge in [0.25, 0.3) is 11.1 Å². The van der Waals surface area contributed by atoms with Crippen LogP contribution in [0, 0.1) is 0 Å². The molecule has 0 aliphatic carbocycles. The molecule has 1 saturated heterocycles. The van der Waals surface area contributed by atoms with Gasteiger partial charge in [0.1, 0.15) is 12.4 Å². The minimum absolute atomic E-state index is 0.224. The van der Waals surface area contributed by atoms with Crippen LogP contribution in [0.15, 0.2) is 47.4 Å². The Labute approximate surface area is 172 Å². The van der Waals surface area contributed by atoms with Crippen LogP contribution >= 0.6 is 35.0 Å². The Kier molecular flexibility index (Phi) is 6.47. The lowest BCUT2D eigenvalue weighted by Gasteiger charge is -2.10. The number of carbonyl (C=O) groups is 2. The van der Waals surface area contributed by atoms with Crippen LogP contribution in [0.2, 0.25) is 10.0 Å². The van der Waals surface area contributed by atoms with Gasteiger partial charge in [0.2, 0.25) is 0 Å². The number of rotatable bonds is 6. The molecule has 1 aliphatic heterocycles. The maximum Gasteiger partial charge on any atom is 0.293 e. The van der Waals surface area contributed by atoms with Crippen molar-refractivity contribution in [3.8, 4) is 5.75 Å². The second kappa shape index (κ2) is 8.83. The third-order valence-electron chi connectivity index (χ3n) is 3.89. The summed E-state index contributed by atoms with van der Waals surface area (Å²) in [6.45, 7) is 2.67. The van der Waals surface area contributed by atoms with Crippen LogP contribution in [0.4, 0.5) is 4.79 Å². The number of thioether (sulfide) groups is 1. The third-order valence-corrected chi connectivity index (χ3v) is 5.38. The first-order valence-corrected chi connectivity index (χ1v) is 9.97. The van der Waals surface area contributed by atoms with Gasteiger partial charge in [-0.05, 0) is 54.1 Å². The lowest BCUT2D eigenvalue weighted by atomic mass is 10.2. The SMILES string of the molecule is CCCN1C(=O)S/C(=C/c2cccc(OCc3ccc(Cl)cc3Cl)c2)C1=O. The summed E-state index contributed by atoms with van der Waals surface area (Å²) in [5.74, 6) is 0.397. The highest BCUT2D eigenvalue weighted by atomic mass is 35.5. The molecule has 0 atom stereocenters. The lowest BCUT2D eigenvalue weighted by Crippen LogP contribution is -2.28. The molecule has 0 aromatic heterocycles. The van der Waals surface area contributed by atoms with E-state index in [-0.39, 0.29) is 11.1 Å². The second-order valence-electron chi connectivity index (χ2n) is 5.93. The van der Waals surface area contributed by atoms with E-state index in [9.17, 15) is 9.59 Å². The number of halogens is 2. The monoisotopic (exact) mass is 421 g/mol. The highest BCUT2D eigenvalue weighted by Gasteiger charge is 2.34. The molecule has 0 spiro atoms. The van der Waals surface area contributed by atoms with Crippen LogP contribution in [0.5, 0.6) is 5.75 Å². The maximum atomic E-state index is 12.3. The standard InChI is InChI=1S/C20H17Cl2NO3S/c1-2-8-23-19(24)18(27-20(23)25)10-13-4-3-5-16(9-13)26-12-14-6-7-15(21)11-17(14)22/h3-7,9-11H,2,8,12H2,1H3/b18-10+. The van der Waals surface area contributed by atoms with Crippen LogP contribution in [0.1, 0.15) is 24.5 Å². The Morgan fingerprint density at radius 3 is 2.70 bits per heavy atom. The summed E-state index contributed by atoms with van der Waals surface area (Å²) in [7, 11) is 0. The summed E-state index contributed by atoms with van der Waals surface area (Å²) in [5, 5.41) is 0.893. The molecule has 4 nitrogen and oxygen atoms in total. The summed E-state index contributed by atoms with van der Waals surface area (Å²) < 4.78 is 5.80. The van der Waals surface area contributed by atoms with Crippen LogP contribution < -0.4 is 4.74 Å². The van der Waals surface area contributed by atoms with Gasteiger partial charge >= 0.3 is 0 Å². The molecule has 0 radical (unpaired) electrons. The third kappa shape index (κ3) is 4.86. The number of amides is 2. The van der Waals surface area contributed by atoms with E-state index >= 15 is 0 Å². The van der Waals surface area contributed by atoms with Crippen molar-refractivity contribution in [2.45, 2.75) is 20.0 Å². The molecule has 2 aromatic carbocycles. The molecule has 7 heteroatoms. The molecule has 1 fully saturated rings. The quantitative estimate of drug-likeness (QED) is 0.534. The van der Waals surface area contributed by atoms with Crippen LogP contribution in [0.25, 0.3) is 6.08 Å². The predicted molar refractivity (Wildman–Crippen MR) is 110 cm³/mol. The van der Waals surface area contributed by atoms with E-state index in [2.05, 4.69) is 0 Å². The van der Waals surface area contributed by atoms with Crippen molar-refractivity contribution in [2.24, 2.45) is 0 Å². The molecule has 1 heterocycles. The van der Waals surface area contributed by atoms with Crippen LogP contribution in [0.3, 0.4) is 0 Å². The number of imide groups is 1. The summed E-state index contributed by atoms with van der Waals surface area (Å²) in [6.07, 6.45) is 2.45. The van der Waals surface area contributed by atoms with Gasteiger partial charge in [0.15, 0.2) is 0 Å². The fourth-order valence-electron chi connectivity index (χ4n) is 2.56. The molecule has 0 saturated carbocycles. The van der Waals surface area contributed by atoms with Gasteiger partial charge < -0.3 is 4.74 Å². The van der Waals surface area contributed by atoms with Gasteiger partial charge in [0, 0.05) is 22.2 Å². The highest BCUT2D eigenvalue weighted by molar-refractivity contribution is 8.18. The molecular weight excluding hydrogens is 405 g/mol. The second-order valence-corrected chi connectivity index (χ2v) is 7.77. The number of carbonyl (C=O) groups excluding carboxylic acids is 2. The van der Waals surface area contributed by atoms with Crippen LogP contribution in [-0.2, 0) is 11.4 Å². The Morgan fingerprint density at radius 1 is 1.15 bits per heavy atom. The van der Waals surface area contributed by atoms with Crippen molar-refractivity contribution in [3.05, 3.63) is 68.5 Å². The van der Waals surface area contributed by atoms with E-state index < -0.39 is 0 Å². The molecule has 2 amide bonds. The highest BCUT2D eigenvalue weighted by Crippen LogP contribution is 2.32. The van der Waals surface area contributed by atoms with Crippen molar-refractivity contribution in [1.82, 2.24) is 4.90 Å². The van der Waals surface area contributed by atoms with Crippen molar-refractivity contribution in [3.63, 3.8) is 0 Å². The molecule has 0 N–H and O–H groups in total. The number of nitrogens with zero attached hydrogens (tertiary/aromatic N) is 1. The number of benzene rings is 2. The molecule has 2 aromatic rings. The van der Waals surface area contributed by atoms with E-state index in [1.54, 1.807) is 18.2 Å². The Hall–Kier alpha value is -1.95. The molecule has 27 heavy (non-hydrogen) atoms. The minimum Gasteiger partial charge on any atom is -0.489 e. The number of ether oxygens (including phenoxy) is 1. The van der Waals surface area contributed by atoms with Crippen molar-refractivity contribution in [2.75, 3.05) is 6.54 Å². The van der Waals surface area contributed by atoms with Crippen LogP contribution in [-0.4, -0.2) is 22.6 Å². The Morgan fingerprint density at radius 2 is 1.96 bits per heavy atom. The Balaban J connectivity index is 1.72. The number of hydrogen-bond acceptors (Lipinski definition) is 4. The predicted octanol–water partition coefficient (Wildman–Crippen LogP) is 6.02. The summed E-state index contributed by atoms with van der Waals surface area (Å²) in [6, 6.07) is 12.6. The Bertz CT molecular complexity index is 914. The first-order chi connectivity index (χ1) is 13.0. The molecule has 1 aliphatic rings. The molecule has 140 valence electrons. The van der Waals surface area contributed by atoms with E-state index in [0.29, 0.717) is 33.9 Å². The van der Waals surface area contributed by atoms with Crippen molar-refractivity contribution in [1.29, 1.82) is 0 Å². The fraction of sp³-hybridized carbons (Fsp3) is 0.200. The smallest absolute Gasteiger partial charge is 0.293 e. The van der Waals surface area contributed by atoms with Gasteiger partial charge in [-0.1, -0.05) is 48.3 Å². The van der Waals surface area contributed by atoms with Gasteiger partial charge in [-0.15, -0.1) is 0 Å². The van der Waals surface area contributed by atoms with E-state index in [0.717, 1.165) is 29.3 Å². The van der Waals surface area contributed by atoms with E-state index in [1.165, 1.54) is 4.90 Å². The van der Waals surface area contributed by atoms with Crippen molar-refractivity contribution >= 4 is 52.2 Å². The zero-order chi connectivity index (χ0) is 19.4.